The first-order valence-electron chi connectivity index (χ1n) is 7.78. The van der Waals surface area contributed by atoms with E-state index in [1.165, 1.54) is 30.4 Å². The molecule has 0 aliphatic heterocycles. The molecule has 22 heavy (non-hydrogen) atoms. The average Bonchev–Trinajstić information content (AvgIpc) is 3.05. The Hall–Kier alpha value is -1.52. The van der Waals surface area contributed by atoms with Crippen LogP contribution in [0.5, 0.6) is 5.75 Å². The molecule has 0 saturated heterocycles. The molecule has 0 amide bonds. The van der Waals surface area contributed by atoms with Crippen LogP contribution in [0.25, 0.3) is 0 Å². The Morgan fingerprint density at radius 3 is 2.91 bits per heavy atom. The molecule has 1 aromatic carbocycles. The zero-order valence-corrected chi connectivity index (χ0v) is 13.9. The van der Waals surface area contributed by atoms with Gasteiger partial charge in [-0.2, -0.15) is 5.10 Å². The number of nitrogens with one attached hydrogen (secondary N) is 1. The number of fused-ring (bicyclic) bond motifs is 1. The third-order valence-corrected chi connectivity index (χ3v) is 4.66. The van der Waals surface area contributed by atoms with Gasteiger partial charge in [0.15, 0.2) is 0 Å². The lowest BCUT2D eigenvalue weighted by Gasteiger charge is -2.09. The number of hydrogen-bond acceptors (Lipinski definition) is 3. The fourth-order valence-corrected chi connectivity index (χ4v) is 3.21. The summed E-state index contributed by atoms with van der Waals surface area (Å²) in [4.78, 5) is 0. The van der Waals surface area contributed by atoms with Crippen LogP contribution in [0.4, 0.5) is 0 Å². The zero-order valence-electron chi connectivity index (χ0n) is 13.2. The van der Waals surface area contributed by atoms with Crippen molar-refractivity contribution in [1.29, 1.82) is 0 Å². The number of benzene rings is 1. The lowest BCUT2D eigenvalue weighted by molar-refractivity contribution is 0.313. The van der Waals surface area contributed by atoms with Gasteiger partial charge in [-0.05, 0) is 49.4 Å². The van der Waals surface area contributed by atoms with Crippen molar-refractivity contribution in [2.75, 3.05) is 13.2 Å². The average molecular weight is 320 g/mol. The van der Waals surface area contributed by atoms with Crippen LogP contribution in [0, 0.1) is 6.92 Å². The summed E-state index contributed by atoms with van der Waals surface area (Å²) in [6.07, 6.45) is 3.66. The lowest BCUT2D eigenvalue weighted by atomic mass is 10.1. The highest BCUT2D eigenvalue weighted by molar-refractivity contribution is 6.30. The van der Waals surface area contributed by atoms with E-state index in [-0.39, 0.29) is 0 Å². The van der Waals surface area contributed by atoms with Crippen LogP contribution in [0.1, 0.15) is 28.8 Å². The molecule has 2 aromatic rings. The molecule has 1 heterocycles. The van der Waals surface area contributed by atoms with E-state index in [2.05, 4.69) is 28.6 Å². The van der Waals surface area contributed by atoms with Crippen molar-refractivity contribution in [2.45, 2.75) is 32.7 Å². The van der Waals surface area contributed by atoms with E-state index in [4.69, 9.17) is 16.3 Å². The van der Waals surface area contributed by atoms with Crippen molar-refractivity contribution >= 4 is 11.6 Å². The Morgan fingerprint density at radius 1 is 1.32 bits per heavy atom. The van der Waals surface area contributed by atoms with E-state index in [9.17, 15) is 0 Å². The molecule has 0 spiro atoms. The normalized spacial score (nSPS) is 13.4. The van der Waals surface area contributed by atoms with Crippen LogP contribution in [-0.4, -0.2) is 22.9 Å². The molecule has 0 saturated carbocycles. The molecule has 0 unspecified atom stereocenters. The second-order valence-corrected chi connectivity index (χ2v) is 6.15. The summed E-state index contributed by atoms with van der Waals surface area (Å²) in [5.41, 5.74) is 4.96. The number of aromatic nitrogens is 2. The minimum Gasteiger partial charge on any atom is -0.492 e. The summed E-state index contributed by atoms with van der Waals surface area (Å²) in [7, 11) is 1.86. The minimum absolute atomic E-state index is 0.649. The standard InChI is InChI=1S/C17H22ClN3O/c1-12-16(17(18)21(2)20-12)11-19-8-9-22-15-7-6-13-4-3-5-14(13)10-15/h6-7,10,19H,3-5,8-9,11H2,1-2H3. The van der Waals surface area contributed by atoms with E-state index in [1.54, 1.807) is 4.68 Å². The highest BCUT2D eigenvalue weighted by atomic mass is 35.5. The number of halogens is 1. The van der Waals surface area contributed by atoms with Gasteiger partial charge < -0.3 is 10.1 Å². The predicted octanol–water partition coefficient (Wildman–Crippen LogP) is 3.04. The number of aryl methyl sites for hydroxylation is 4. The number of ether oxygens (including phenoxy) is 1. The Labute approximate surface area is 136 Å². The van der Waals surface area contributed by atoms with Crippen LogP contribution < -0.4 is 10.1 Å². The predicted molar refractivity (Wildman–Crippen MR) is 88.6 cm³/mol. The van der Waals surface area contributed by atoms with Crippen molar-refractivity contribution in [3.05, 3.63) is 45.7 Å². The van der Waals surface area contributed by atoms with Gasteiger partial charge in [-0.3, -0.25) is 4.68 Å². The second kappa shape index (κ2) is 6.71. The quantitative estimate of drug-likeness (QED) is 0.832. The molecule has 0 radical (unpaired) electrons. The Morgan fingerprint density at radius 2 is 2.14 bits per heavy atom. The molecule has 0 bridgehead atoms. The van der Waals surface area contributed by atoms with Crippen LogP contribution in [-0.2, 0) is 26.4 Å². The van der Waals surface area contributed by atoms with Crippen molar-refractivity contribution in [3.63, 3.8) is 0 Å². The fourth-order valence-electron chi connectivity index (χ4n) is 2.97. The van der Waals surface area contributed by atoms with Crippen molar-refractivity contribution in [2.24, 2.45) is 7.05 Å². The monoisotopic (exact) mass is 319 g/mol. The molecule has 3 rings (SSSR count). The SMILES string of the molecule is Cc1nn(C)c(Cl)c1CNCCOc1ccc2c(c1)CCC2. The second-order valence-electron chi connectivity index (χ2n) is 5.79. The summed E-state index contributed by atoms with van der Waals surface area (Å²) in [5.74, 6) is 0.970. The maximum absolute atomic E-state index is 6.21. The smallest absolute Gasteiger partial charge is 0.131 e. The van der Waals surface area contributed by atoms with E-state index >= 15 is 0 Å². The Bertz CT molecular complexity index is 666. The van der Waals surface area contributed by atoms with Gasteiger partial charge in [-0.15, -0.1) is 0 Å². The molecule has 4 nitrogen and oxygen atoms in total. The first-order chi connectivity index (χ1) is 10.6. The molecular formula is C17H22ClN3O. The van der Waals surface area contributed by atoms with Crippen molar-refractivity contribution in [3.8, 4) is 5.75 Å². The molecule has 1 aliphatic carbocycles. The highest BCUT2D eigenvalue weighted by Gasteiger charge is 2.12. The molecule has 5 heteroatoms. The molecule has 1 N–H and O–H groups in total. The lowest BCUT2D eigenvalue weighted by Crippen LogP contribution is -2.21. The van der Waals surface area contributed by atoms with Crippen LogP contribution in [0.15, 0.2) is 18.2 Å². The fraction of sp³-hybridized carbons (Fsp3) is 0.471. The van der Waals surface area contributed by atoms with Crippen molar-refractivity contribution in [1.82, 2.24) is 15.1 Å². The van der Waals surface area contributed by atoms with Gasteiger partial charge in [0.25, 0.3) is 0 Å². The molecule has 0 atom stereocenters. The third kappa shape index (κ3) is 3.28. The Kier molecular flexibility index (Phi) is 4.69. The summed E-state index contributed by atoms with van der Waals surface area (Å²) >= 11 is 6.21. The van der Waals surface area contributed by atoms with Crippen molar-refractivity contribution < 1.29 is 4.74 Å². The first-order valence-corrected chi connectivity index (χ1v) is 8.16. The number of rotatable bonds is 6. The van der Waals surface area contributed by atoms with E-state index < -0.39 is 0 Å². The van der Waals surface area contributed by atoms with Gasteiger partial charge in [0, 0.05) is 25.7 Å². The topological polar surface area (TPSA) is 39.1 Å². The van der Waals surface area contributed by atoms with Gasteiger partial charge >= 0.3 is 0 Å². The maximum Gasteiger partial charge on any atom is 0.131 e. The largest absolute Gasteiger partial charge is 0.492 e. The molecule has 1 aromatic heterocycles. The Balaban J connectivity index is 1.44. The summed E-state index contributed by atoms with van der Waals surface area (Å²) in [6, 6.07) is 6.46. The molecule has 1 aliphatic rings. The van der Waals surface area contributed by atoms with Gasteiger partial charge in [-0.1, -0.05) is 17.7 Å². The summed E-state index contributed by atoms with van der Waals surface area (Å²) in [6.45, 7) is 4.12. The zero-order chi connectivity index (χ0) is 15.5. The van der Waals surface area contributed by atoms with Gasteiger partial charge in [0.2, 0.25) is 0 Å². The first kappa shape index (κ1) is 15.4. The molecule has 118 valence electrons. The van der Waals surface area contributed by atoms with E-state index in [0.29, 0.717) is 18.3 Å². The van der Waals surface area contributed by atoms with Gasteiger partial charge in [0.05, 0.1) is 5.69 Å². The third-order valence-electron chi connectivity index (χ3n) is 4.19. The summed E-state index contributed by atoms with van der Waals surface area (Å²) < 4.78 is 7.52. The van der Waals surface area contributed by atoms with Crippen LogP contribution >= 0.6 is 11.6 Å². The maximum atomic E-state index is 6.21. The number of nitrogens with zero attached hydrogens (tertiary/aromatic N) is 2. The van der Waals surface area contributed by atoms with E-state index in [0.717, 1.165) is 23.6 Å². The van der Waals surface area contributed by atoms with Gasteiger partial charge in [-0.25, -0.2) is 0 Å². The number of hydrogen-bond donors (Lipinski definition) is 1. The summed E-state index contributed by atoms with van der Waals surface area (Å²) in [5, 5.41) is 8.36. The van der Waals surface area contributed by atoms with E-state index in [1.807, 2.05) is 14.0 Å². The highest BCUT2D eigenvalue weighted by Crippen LogP contribution is 2.25. The minimum atomic E-state index is 0.649. The molecule has 0 fully saturated rings. The van der Waals surface area contributed by atoms with Crippen LogP contribution in [0.2, 0.25) is 5.15 Å². The van der Waals surface area contributed by atoms with Gasteiger partial charge in [0.1, 0.15) is 17.5 Å². The van der Waals surface area contributed by atoms with Crippen LogP contribution in [0.3, 0.4) is 0 Å². The molecular weight excluding hydrogens is 298 g/mol.